The van der Waals surface area contributed by atoms with Gasteiger partial charge in [-0.2, -0.15) is 0 Å². The Morgan fingerprint density at radius 1 is 0.967 bits per heavy atom. The van der Waals surface area contributed by atoms with Crippen molar-refractivity contribution in [2.75, 3.05) is 7.11 Å². The van der Waals surface area contributed by atoms with Gasteiger partial charge in [0.2, 0.25) is 0 Å². The number of rotatable bonds is 4. The quantitative estimate of drug-likeness (QED) is 0.613. The van der Waals surface area contributed by atoms with E-state index < -0.39 is 0 Å². The zero-order valence-corrected chi connectivity index (χ0v) is 18.0. The summed E-state index contributed by atoms with van der Waals surface area (Å²) in [7, 11) is 1.37. The summed E-state index contributed by atoms with van der Waals surface area (Å²) in [5, 5.41) is 10.2. The van der Waals surface area contributed by atoms with Crippen LogP contribution < -0.4 is 4.74 Å². The summed E-state index contributed by atoms with van der Waals surface area (Å²) in [5.41, 5.74) is 2.61. The lowest BCUT2D eigenvalue weighted by Crippen LogP contribution is -2.56. The molecule has 2 unspecified atom stereocenters. The molecule has 0 aliphatic heterocycles. The highest BCUT2D eigenvalue weighted by Gasteiger charge is 2.61. The average Bonchev–Trinajstić information content (AvgIpc) is 2.65. The Kier molecular flexibility index (Phi) is 4.22. The third-order valence-corrected chi connectivity index (χ3v) is 7.67. The number of hydrogen-bond donors (Lipinski definition) is 1. The van der Waals surface area contributed by atoms with E-state index in [1.54, 1.807) is 36.4 Å². The standard InChI is InChI=1S/C26H30O4/c1-24-11-17-12-25(2,14-24)16-26(13-17,15-24)21-9-6-19(27)10-22(21)30-20-7-4-18(5-8-20)23(28)29-3/h4-10,17,27H,11-16H2,1-3H3. The number of carbonyl (C=O) groups is 1. The number of esters is 1. The molecule has 2 aromatic rings. The molecule has 0 radical (unpaired) electrons. The van der Waals surface area contributed by atoms with Gasteiger partial charge in [-0.25, -0.2) is 4.79 Å². The summed E-state index contributed by atoms with van der Waals surface area (Å²) in [6.45, 7) is 4.94. The van der Waals surface area contributed by atoms with Gasteiger partial charge in [0.1, 0.15) is 17.2 Å². The second-order valence-corrected chi connectivity index (χ2v) is 10.7. The first-order chi connectivity index (χ1) is 14.2. The van der Waals surface area contributed by atoms with Crippen LogP contribution >= 0.6 is 0 Å². The summed E-state index contributed by atoms with van der Waals surface area (Å²) in [6, 6.07) is 12.6. The van der Waals surface area contributed by atoms with Crippen LogP contribution in [-0.4, -0.2) is 18.2 Å². The molecule has 1 N–H and O–H groups in total. The van der Waals surface area contributed by atoms with E-state index in [4.69, 9.17) is 9.47 Å². The average molecular weight is 407 g/mol. The van der Waals surface area contributed by atoms with Crippen LogP contribution in [0, 0.1) is 16.7 Å². The number of benzene rings is 2. The Labute approximate surface area is 178 Å². The maximum absolute atomic E-state index is 11.7. The monoisotopic (exact) mass is 406 g/mol. The first kappa shape index (κ1) is 19.5. The van der Waals surface area contributed by atoms with Crippen LogP contribution in [0.4, 0.5) is 0 Å². The van der Waals surface area contributed by atoms with Gasteiger partial charge in [0, 0.05) is 17.0 Å². The minimum absolute atomic E-state index is 0.109. The molecule has 0 spiro atoms. The Bertz CT molecular complexity index is 975. The van der Waals surface area contributed by atoms with Gasteiger partial charge < -0.3 is 14.6 Å². The maximum atomic E-state index is 11.7. The third kappa shape index (κ3) is 3.17. The van der Waals surface area contributed by atoms with Gasteiger partial charge in [0.15, 0.2) is 0 Å². The predicted molar refractivity (Wildman–Crippen MR) is 115 cm³/mol. The van der Waals surface area contributed by atoms with Crippen LogP contribution in [0.25, 0.3) is 0 Å². The Morgan fingerprint density at radius 3 is 2.23 bits per heavy atom. The number of aromatic hydroxyl groups is 1. The maximum Gasteiger partial charge on any atom is 0.337 e. The fraction of sp³-hybridized carbons (Fsp3) is 0.500. The van der Waals surface area contributed by atoms with Gasteiger partial charge in [-0.1, -0.05) is 19.9 Å². The molecule has 0 heterocycles. The van der Waals surface area contributed by atoms with E-state index in [1.165, 1.54) is 51.2 Å². The van der Waals surface area contributed by atoms with E-state index in [0.29, 0.717) is 22.1 Å². The van der Waals surface area contributed by atoms with E-state index in [9.17, 15) is 9.90 Å². The second-order valence-electron chi connectivity index (χ2n) is 10.7. The molecule has 4 saturated carbocycles. The highest BCUT2D eigenvalue weighted by Crippen LogP contribution is 2.70. The summed E-state index contributed by atoms with van der Waals surface area (Å²) < 4.78 is 11.1. The van der Waals surface area contributed by atoms with Gasteiger partial charge in [0.05, 0.1) is 12.7 Å². The van der Waals surface area contributed by atoms with Crippen molar-refractivity contribution in [1.82, 2.24) is 0 Å². The van der Waals surface area contributed by atoms with Crippen molar-refractivity contribution < 1.29 is 19.4 Å². The fourth-order valence-electron chi connectivity index (χ4n) is 7.69. The Hall–Kier alpha value is -2.49. The van der Waals surface area contributed by atoms with Crippen molar-refractivity contribution in [2.45, 2.75) is 57.8 Å². The van der Waals surface area contributed by atoms with Gasteiger partial charge in [0.25, 0.3) is 0 Å². The molecule has 4 aliphatic rings. The van der Waals surface area contributed by atoms with Crippen LogP contribution in [0.5, 0.6) is 17.2 Å². The highest BCUT2D eigenvalue weighted by atomic mass is 16.5. The number of carbonyl (C=O) groups excluding carboxylic acids is 1. The zero-order chi connectivity index (χ0) is 21.1. The van der Waals surface area contributed by atoms with Crippen molar-refractivity contribution in [1.29, 1.82) is 0 Å². The number of ether oxygens (including phenoxy) is 2. The van der Waals surface area contributed by atoms with Crippen LogP contribution in [0.2, 0.25) is 0 Å². The Balaban J connectivity index is 1.51. The number of methoxy groups -OCH3 is 1. The van der Waals surface area contributed by atoms with Crippen LogP contribution in [0.1, 0.15) is 68.3 Å². The molecule has 158 valence electrons. The molecule has 4 nitrogen and oxygen atoms in total. The minimum atomic E-state index is -0.366. The van der Waals surface area contributed by atoms with E-state index in [1.807, 2.05) is 0 Å². The molecule has 0 amide bonds. The van der Waals surface area contributed by atoms with Crippen molar-refractivity contribution >= 4 is 5.97 Å². The molecule has 4 aliphatic carbocycles. The topological polar surface area (TPSA) is 55.8 Å². The molecule has 0 saturated heterocycles. The molecule has 2 atom stereocenters. The third-order valence-electron chi connectivity index (χ3n) is 7.67. The van der Waals surface area contributed by atoms with Crippen molar-refractivity contribution in [3.05, 3.63) is 53.6 Å². The molecule has 4 bridgehead atoms. The Morgan fingerprint density at radius 2 is 1.63 bits per heavy atom. The lowest BCUT2D eigenvalue weighted by molar-refractivity contribution is -0.110. The molecule has 6 rings (SSSR count). The molecule has 30 heavy (non-hydrogen) atoms. The van der Waals surface area contributed by atoms with E-state index in [2.05, 4.69) is 19.9 Å². The molecule has 4 fully saturated rings. The number of phenolic OH excluding ortho intramolecular Hbond substituents is 1. The van der Waals surface area contributed by atoms with Gasteiger partial charge in [-0.05, 0) is 85.6 Å². The summed E-state index contributed by atoms with van der Waals surface area (Å²) in [6.07, 6.45) is 7.59. The molecule has 2 aromatic carbocycles. The largest absolute Gasteiger partial charge is 0.508 e. The smallest absolute Gasteiger partial charge is 0.337 e. The van der Waals surface area contributed by atoms with Crippen LogP contribution in [0.15, 0.2) is 42.5 Å². The van der Waals surface area contributed by atoms with Crippen molar-refractivity contribution in [2.24, 2.45) is 16.7 Å². The molecular formula is C26H30O4. The zero-order valence-electron chi connectivity index (χ0n) is 18.0. The predicted octanol–water partition coefficient (Wildman–Crippen LogP) is 6.22. The molecule has 4 heteroatoms. The number of phenols is 1. The molecular weight excluding hydrogens is 376 g/mol. The molecule has 0 aromatic heterocycles. The highest BCUT2D eigenvalue weighted by molar-refractivity contribution is 5.89. The lowest BCUT2D eigenvalue weighted by Gasteiger charge is -2.65. The van der Waals surface area contributed by atoms with E-state index in [0.717, 1.165) is 11.7 Å². The lowest BCUT2D eigenvalue weighted by atomic mass is 9.39. The van der Waals surface area contributed by atoms with Gasteiger partial charge in [-0.3, -0.25) is 0 Å². The second kappa shape index (κ2) is 6.50. The summed E-state index contributed by atoms with van der Waals surface area (Å²) in [4.78, 5) is 11.7. The SMILES string of the molecule is COC(=O)c1ccc(Oc2cc(O)ccc2C23CC4CC(C)(CC(C)(C4)C2)C3)cc1. The summed E-state index contributed by atoms with van der Waals surface area (Å²) >= 11 is 0. The fourth-order valence-corrected chi connectivity index (χ4v) is 7.69. The number of hydrogen-bond acceptors (Lipinski definition) is 4. The van der Waals surface area contributed by atoms with Crippen molar-refractivity contribution in [3.63, 3.8) is 0 Å². The first-order valence-corrected chi connectivity index (χ1v) is 10.9. The van der Waals surface area contributed by atoms with Crippen LogP contribution in [0.3, 0.4) is 0 Å². The minimum Gasteiger partial charge on any atom is -0.508 e. The summed E-state index contributed by atoms with van der Waals surface area (Å²) in [5.74, 6) is 2.00. The van der Waals surface area contributed by atoms with E-state index in [-0.39, 0.29) is 17.1 Å². The van der Waals surface area contributed by atoms with Crippen molar-refractivity contribution in [3.8, 4) is 17.2 Å². The normalized spacial score (nSPS) is 34.0. The van der Waals surface area contributed by atoms with Crippen LogP contribution in [-0.2, 0) is 10.2 Å². The van der Waals surface area contributed by atoms with Gasteiger partial charge >= 0.3 is 5.97 Å². The van der Waals surface area contributed by atoms with E-state index >= 15 is 0 Å². The van der Waals surface area contributed by atoms with Gasteiger partial charge in [-0.15, -0.1) is 0 Å². The first-order valence-electron chi connectivity index (χ1n) is 10.9.